The zero-order valence-corrected chi connectivity index (χ0v) is 18.2. The predicted molar refractivity (Wildman–Crippen MR) is 127 cm³/mol. The number of amides is 1. The molecule has 3 aromatic carbocycles. The zero-order chi connectivity index (χ0) is 21.6. The van der Waals surface area contributed by atoms with Gasteiger partial charge in [-0.3, -0.25) is 4.79 Å². The van der Waals surface area contributed by atoms with Crippen molar-refractivity contribution in [1.82, 2.24) is 4.98 Å². The number of rotatable bonds is 7. The van der Waals surface area contributed by atoms with E-state index in [1.54, 1.807) is 0 Å². The summed E-state index contributed by atoms with van der Waals surface area (Å²) in [5, 5.41) is 6.99. The number of hydrogen-bond donors (Lipinski definition) is 2. The molecule has 4 aromatic rings. The molecular weight excluding hydrogens is 406 g/mol. The summed E-state index contributed by atoms with van der Waals surface area (Å²) in [6.07, 6.45) is 0.921. The van der Waals surface area contributed by atoms with E-state index in [9.17, 15) is 4.79 Å². The number of nitrogens with one attached hydrogen (secondary N) is 2. The molecule has 4 rings (SSSR count). The molecule has 0 saturated heterocycles. The lowest BCUT2D eigenvalue weighted by molar-refractivity contribution is 0.103. The molecule has 0 aliphatic carbocycles. The summed E-state index contributed by atoms with van der Waals surface area (Å²) in [6.45, 7) is 3.96. The second-order valence-electron chi connectivity index (χ2n) is 6.96. The maximum Gasteiger partial charge on any atom is 0.267 e. The van der Waals surface area contributed by atoms with Gasteiger partial charge in [0, 0.05) is 11.4 Å². The van der Waals surface area contributed by atoms with Gasteiger partial charge in [0.15, 0.2) is 5.13 Å². The summed E-state index contributed by atoms with van der Waals surface area (Å²) in [7, 11) is 0. The van der Waals surface area contributed by atoms with Crippen molar-refractivity contribution >= 4 is 33.8 Å². The van der Waals surface area contributed by atoms with E-state index in [0.717, 1.165) is 17.9 Å². The highest BCUT2D eigenvalue weighted by molar-refractivity contribution is 7.17. The maximum absolute atomic E-state index is 12.8. The number of thiazole rings is 1. The molecule has 0 spiro atoms. The van der Waals surface area contributed by atoms with Gasteiger partial charge in [-0.05, 0) is 61.4 Å². The normalized spacial score (nSPS) is 10.5. The van der Waals surface area contributed by atoms with Crippen molar-refractivity contribution in [2.75, 3.05) is 10.6 Å². The van der Waals surface area contributed by atoms with E-state index < -0.39 is 0 Å². The largest absolute Gasteiger partial charge is 0.457 e. The molecule has 2 N–H and O–H groups in total. The maximum atomic E-state index is 12.8. The summed E-state index contributed by atoms with van der Waals surface area (Å²) >= 11 is 1.35. The van der Waals surface area contributed by atoms with Crippen LogP contribution >= 0.6 is 11.3 Å². The fourth-order valence-electron chi connectivity index (χ4n) is 3.15. The lowest BCUT2D eigenvalue weighted by Gasteiger charge is -2.08. The molecule has 1 aromatic heterocycles. The summed E-state index contributed by atoms with van der Waals surface area (Å²) in [5.74, 6) is 1.30. The highest BCUT2D eigenvalue weighted by Gasteiger charge is 2.16. The molecule has 6 heteroatoms. The van der Waals surface area contributed by atoms with Crippen LogP contribution in [0.5, 0.6) is 11.5 Å². The van der Waals surface area contributed by atoms with E-state index in [-0.39, 0.29) is 5.91 Å². The first-order chi connectivity index (χ1) is 15.1. The number of ether oxygens (including phenoxy) is 1. The third-order valence-corrected chi connectivity index (χ3v) is 5.81. The first-order valence-electron chi connectivity index (χ1n) is 10.1. The van der Waals surface area contributed by atoms with Gasteiger partial charge in [-0.15, -0.1) is 0 Å². The highest BCUT2D eigenvalue weighted by Crippen LogP contribution is 2.29. The molecule has 31 heavy (non-hydrogen) atoms. The fourth-order valence-corrected chi connectivity index (χ4v) is 4.02. The van der Waals surface area contributed by atoms with Crippen LogP contribution in [0.2, 0.25) is 0 Å². The van der Waals surface area contributed by atoms with Crippen molar-refractivity contribution in [2.45, 2.75) is 20.3 Å². The van der Waals surface area contributed by atoms with E-state index in [1.807, 2.05) is 79.7 Å². The average molecular weight is 430 g/mol. The van der Waals surface area contributed by atoms with E-state index in [0.29, 0.717) is 27.1 Å². The number of para-hydroxylation sites is 2. The summed E-state index contributed by atoms with van der Waals surface area (Å²) in [6, 6.07) is 25.0. The van der Waals surface area contributed by atoms with Gasteiger partial charge in [-0.2, -0.15) is 0 Å². The van der Waals surface area contributed by atoms with Crippen molar-refractivity contribution in [1.29, 1.82) is 0 Å². The van der Waals surface area contributed by atoms with Gasteiger partial charge in [-0.1, -0.05) is 54.7 Å². The molecule has 0 bridgehead atoms. The molecule has 0 atom stereocenters. The molecule has 1 heterocycles. The summed E-state index contributed by atoms with van der Waals surface area (Å²) in [5.41, 5.74) is 3.62. The van der Waals surface area contributed by atoms with E-state index >= 15 is 0 Å². The monoisotopic (exact) mass is 429 g/mol. The van der Waals surface area contributed by atoms with Gasteiger partial charge in [-0.25, -0.2) is 4.98 Å². The lowest BCUT2D eigenvalue weighted by atomic mass is 10.1. The van der Waals surface area contributed by atoms with Crippen LogP contribution in [0.15, 0.2) is 78.9 Å². The Labute approximate surface area is 185 Å². The third kappa shape index (κ3) is 5.10. The minimum atomic E-state index is -0.177. The van der Waals surface area contributed by atoms with Gasteiger partial charge in [0.2, 0.25) is 0 Å². The van der Waals surface area contributed by atoms with E-state index in [4.69, 9.17) is 4.74 Å². The van der Waals surface area contributed by atoms with Crippen molar-refractivity contribution in [3.63, 3.8) is 0 Å². The standard InChI is InChI=1S/C25H23N3O2S/c1-3-18-9-7-8-12-22(18)28-25-26-17(2)23(31-25)24(29)27-19-13-15-21(16-14-19)30-20-10-5-4-6-11-20/h4-16H,3H2,1-2H3,(H,26,28)(H,27,29). The Morgan fingerprint density at radius 3 is 2.35 bits per heavy atom. The number of nitrogens with zero attached hydrogens (tertiary/aromatic N) is 1. The van der Waals surface area contributed by atoms with Gasteiger partial charge in [0.05, 0.1) is 5.69 Å². The Morgan fingerprint density at radius 1 is 0.935 bits per heavy atom. The predicted octanol–water partition coefficient (Wildman–Crippen LogP) is 6.80. The Balaban J connectivity index is 1.43. The number of carbonyl (C=O) groups is 1. The minimum absolute atomic E-state index is 0.177. The average Bonchev–Trinajstić information content (AvgIpc) is 3.16. The van der Waals surface area contributed by atoms with Crippen LogP contribution in [0, 0.1) is 6.92 Å². The van der Waals surface area contributed by atoms with Crippen molar-refractivity contribution in [3.8, 4) is 11.5 Å². The highest BCUT2D eigenvalue weighted by atomic mass is 32.1. The van der Waals surface area contributed by atoms with Gasteiger partial charge in [0.1, 0.15) is 16.4 Å². The van der Waals surface area contributed by atoms with Crippen LogP contribution < -0.4 is 15.4 Å². The van der Waals surface area contributed by atoms with Crippen LogP contribution in [-0.2, 0) is 6.42 Å². The Hall–Kier alpha value is -3.64. The number of anilines is 3. The molecule has 0 saturated carbocycles. The SMILES string of the molecule is CCc1ccccc1Nc1nc(C)c(C(=O)Nc2ccc(Oc3ccccc3)cc2)s1. The minimum Gasteiger partial charge on any atom is -0.457 e. The molecular formula is C25H23N3O2S. The van der Waals surface area contributed by atoms with Crippen LogP contribution in [-0.4, -0.2) is 10.9 Å². The van der Waals surface area contributed by atoms with Crippen LogP contribution in [0.3, 0.4) is 0 Å². The number of aryl methyl sites for hydroxylation is 2. The zero-order valence-electron chi connectivity index (χ0n) is 17.4. The second-order valence-corrected chi connectivity index (χ2v) is 7.96. The molecule has 156 valence electrons. The van der Waals surface area contributed by atoms with Gasteiger partial charge in [0.25, 0.3) is 5.91 Å². The first-order valence-corrected chi connectivity index (χ1v) is 10.9. The number of hydrogen-bond acceptors (Lipinski definition) is 5. The van der Waals surface area contributed by atoms with Crippen LogP contribution in [0.4, 0.5) is 16.5 Å². The molecule has 0 radical (unpaired) electrons. The fraction of sp³-hybridized carbons (Fsp3) is 0.120. The first kappa shape index (κ1) is 20.6. The van der Waals surface area contributed by atoms with E-state index in [1.165, 1.54) is 16.9 Å². The van der Waals surface area contributed by atoms with Crippen molar-refractivity contribution < 1.29 is 9.53 Å². The number of carbonyl (C=O) groups excluding carboxylic acids is 1. The molecule has 0 aliphatic heterocycles. The Kier molecular flexibility index (Phi) is 6.29. The number of aromatic nitrogens is 1. The topological polar surface area (TPSA) is 63.2 Å². The Morgan fingerprint density at radius 2 is 1.61 bits per heavy atom. The number of benzene rings is 3. The second kappa shape index (κ2) is 9.45. The van der Waals surface area contributed by atoms with Gasteiger partial charge >= 0.3 is 0 Å². The molecule has 0 unspecified atom stereocenters. The van der Waals surface area contributed by atoms with Crippen molar-refractivity contribution in [2.24, 2.45) is 0 Å². The van der Waals surface area contributed by atoms with Crippen LogP contribution in [0.1, 0.15) is 27.9 Å². The smallest absolute Gasteiger partial charge is 0.267 e. The third-order valence-electron chi connectivity index (χ3n) is 4.73. The Bertz CT molecular complexity index is 1170. The summed E-state index contributed by atoms with van der Waals surface area (Å²) < 4.78 is 5.79. The van der Waals surface area contributed by atoms with Crippen molar-refractivity contribution in [3.05, 3.63) is 95.0 Å². The quantitative estimate of drug-likeness (QED) is 0.339. The molecule has 1 amide bonds. The van der Waals surface area contributed by atoms with Crippen LogP contribution in [0.25, 0.3) is 0 Å². The summed E-state index contributed by atoms with van der Waals surface area (Å²) in [4.78, 5) is 17.9. The molecule has 0 aliphatic rings. The molecule has 0 fully saturated rings. The molecule has 5 nitrogen and oxygen atoms in total. The lowest BCUT2D eigenvalue weighted by Crippen LogP contribution is -2.11. The van der Waals surface area contributed by atoms with Gasteiger partial charge < -0.3 is 15.4 Å². The van der Waals surface area contributed by atoms with E-state index in [2.05, 4.69) is 28.6 Å².